The molecule has 108 valence electrons. The molecule has 1 heterocycles. The fraction of sp³-hybridized carbons (Fsp3) is 1.00. The molecule has 0 radical (unpaired) electrons. The fourth-order valence-electron chi connectivity index (χ4n) is 2.51. The highest BCUT2D eigenvalue weighted by Gasteiger charge is 2.27. The molecule has 2 nitrogen and oxygen atoms in total. The molecule has 0 amide bonds. The Labute approximate surface area is 108 Å². The summed E-state index contributed by atoms with van der Waals surface area (Å²) >= 11 is 0. The monoisotopic (exact) mass is 266 g/mol. The first kappa shape index (κ1) is 15.8. The van der Waals surface area contributed by atoms with Crippen LogP contribution < -0.4 is 5.32 Å². The molecular weight excluding hydrogens is 241 g/mol. The van der Waals surface area contributed by atoms with Crippen LogP contribution in [-0.2, 0) is 0 Å². The molecule has 1 fully saturated rings. The Morgan fingerprint density at radius 2 is 2.11 bits per heavy atom. The minimum Gasteiger partial charge on any atom is -0.316 e. The van der Waals surface area contributed by atoms with Gasteiger partial charge in [0, 0.05) is 13.0 Å². The first-order chi connectivity index (χ1) is 8.51. The largest absolute Gasteiger partial charge is 0.389 e. The molecule has 0 aromatic heterocycles. The maximum atomic E-state index is 12.1. The van der Waals surface area contributed by atoms with Crippen LogP contribution in [0.1, 0.15) is 39.0 Å². The van der Waals surface area contributed by atoms with Gasteiger partial charge in [-0.1, -0.05) is 6.92 Å². The van der Waals surface area contributed by atoms with Crippen LogP contribution in [0, 0.1) is 5.92 Å². The van der Waals surface area contributed by atoms with E-state index in [4.69, 9.17) is 0 Å². The van der Waals surface area contributed by atoms with E-state index in [0.717, 1.165) is 39.0 Å². The van der Waals surface area contributed by atoms with Gasteiger partial charge in [0.15, 0.2) is 0 Å². The van der Waals surface area contributed by atoms with Crippen LogP contribution in [0.5, 0.6) is 0 Å². The molecule has 18 heavy (non-hydrogen) atoms. The first-order valence-corrected chi connectivity index (χ1v) is 7.01. The van der Waals surface area contributed by atoms with Crippen molar-refractivity contribution in [1.82, 2.24) is 10.2 Å². The Balaban J connectivity index is 2.14. The van der Waals surface area contributed by atoms with Gasteiger partial charge >= 0.3 is 6.18 Å². The molecule has 1 aliphatic heterocycles. The van der Waals surface area contributed by atoms with Crippen LogP contribution in [-0.4, -0.2) is 43.8 Å². The van der Waals surface area contributed by atoms with E-state index in [2.05, 4.69) is 17.1 Å². The van der Waals surface area contributed by atoms with Crippen LogP contribution in [0.4, 0.5) is 13.2 Å². The normalized spacial score (nSPS) is 22.3. The highest BCUT2D eigenvalue weighted by Crippen LogP contribution is 2.22. The molecule has 0 aliphatic carbocycles. The molecule has 1 rings (SSSR count). The average Bonchev–Trinajstić information content (AvgIpc) is 2.28. The lowest BCUT2D eigenvalue weighted by atomic mass is 9.97. The minimum absolute atomic E-state index is 0.235. The molecule has 0 saturated carbocycles. The van der Waals surface area contributed by atoms with E-state index in [1.807, 2.05) is 0 Å². The van der Waals surface area contributed by atoms with Gasteiger partial charge < -0.3 is 10.2 Å². The molecule has 1 aliphatic rings. The van der Waals surface area contributed by atoms with Crippen LogP contribution in [0.25, 0.3) is 0 Å². The highest BCUT2D eigenvalue weighted by atomic mass is 19.4. The Morgan fingerprint density at radius 1 is 1.33 bits per heavy atom. The van der Waals surface area contributed by atoms with Crippen molar-refractivity contribution in [3.63, 3.8) is 0 Å². The molecule has 1 N–H and O–H groups in total. The Kier molecular flexibility index (Phi) is 7.00. The number of piperidine rings is 1. The van der Waals surface area contributed by atoms with E-state index in [-0.39, 0.29) is 6.42 Å². The SMILES string of the molecule is CCCNCC1CCCN(CCCC(F)(F)F)C1. The lowest BCUT2D eigenvalue weighted by Crippen LogP contribution is -2.40. The second kappa shape index (κ2) is 8.00. The van der Waals surface area contributed by atoms with Crippen molar-refractivity contribution in [3.8, 4) is 0 Å². The fourth-order valence-corrected chi connectivity index (χ4v) is 2.51. The number of nitrogens with zero attached hydrogens (tertiary/aromatic N) is 1. The topological polar surface area (TPSA) is 15.3 Å². The Bertz CT molecular complexity index is 219. The second-order valence-electron chi connectivity index (χ2n) is 5.23. The summed E-state index contributed by atoms with van der Waals surface area (Å²) in [6.07, 6.45) is -0.974. The zero-order chi connectivity index (χ0) is 13.4. The van der Waals surface area contributed by atoms with E-state index >= 15 is 0 Å². The molecule has 1 saturated heterocycles. The van der Waals surface area contributed by atoms with Crippen molar-refractivity contribution in [1.29, 1.82) is 0 Å². The van der Waals surface area contributed by atoms with Crippen molar-refractivity contribution in [3.05, 3.63) is 0 Å². The molecule has 0 aromatic carbocycles. The molecule has 5 heteroatoms. The third-order valence-electron chi connectivity index (χ3n) is 3.40. The predicted octanol–water partition coefficient (Wildman–Crippen LogP) is 3.04. The molecule has 0 aromatic rings. The quantitative estimate of drug-likeness (QED) is 0.713. The van der Waals surface area contributed by atoms with Crippen LogP contribution in [0.2, 0.25) is 0 Å². The number of halogens is 3. The summed E-state index contributed by atoms with van der Waals surface area (Å²) < 4.78 is 36.2. The van der Waals surface area contributed by atoms with Gasteiger partial charge in [-0.15, -0.1) is 0 Å². The highest BCUT2D eigenvalue weighted by molar-refractivity contribution is 4.74. The van der Waals surface area contributed by atoms with Gasteiger partial charge in [0.25, 0.3) is 0 Å². The van der Waals surface area contributed by atoms with Crippen molar-refractivity contribution < 1.29 is 13.2 Å². The van der Waals surface area contributed by atoms with E-state index in [9.17, 15) is 13.2 Å². The van der Waals surface area contributed by atoms with Crippen molar-refractivity contribution >= 4 is 0 Å². The number of hydrogen-bond donors (Lipinski definition) is 1. The minimum atomic E-state index is -4.00. The maximum absolute atomic E-state index is 12.1. The molecule has 0 bridgehead atoms. The summed E-state index contributed by atoms with van der Waals surface area (Å²) in [6.45, 7) is 6.67. The lowest BCUT2D eigenvalue weighted by Gasteiger charge is -2.33. The molecular formula is C13H25F3N2. The van der Waals surface area contributed by atoms with Crippen LogP contribution in [0.15, 0.2) is 0 Å². The van der Waals surface area contributed by atoms with E-state index < -0.39 is 12.6 Å². The van der Waals surface area contributed by atoms with Gasteiger partial charge in [-0.3, -0.25) is 0 Å². The number of rotatable bonds is 7. The van der Waals surface area contributed by atoms with E-state index in [0.29, 0.717) is 12.5 Å². The lowest BCUT2D eigenvalue weighted by molar-refractivity contribution is -0.136. The van der Waals surface area contributed by atoms with Gasteiger partial charge in [-0.25, -0.2) is 0 Å². The molecule has 1 atom stereocenters. The third kappa shape index (κ3) is 7.21. The zero-order valence-electron chi connectivity index (χ0n) is 11.2. The van der Waals surface area contributed by atoms with E-state index in [1.54, 1.807) is 0 Å². The molecule has 0 spiro atoms. The van der Waals surface area contributed by atoms with Crippen molar-refractivity contribution in [2.24, 2.45) is 5.92 Å². The van der Waals surface area contributed by atoms with Gasteiger partial charge in [0.2, 0.25) is 0 Å². The maximum Gasteiger partial charge on any atom is 0.389 e. The smallest absolute Gasteiger partial charge is 0.316 e. The van der Waals surface area contributed by atoms with Gasteiger partial charge in [0.05, 0.1) is 0 Å². The van der Waals surface area contributed by atoms with Crippen molar-refractivity contribution in [2.45, 2.75) is 45.2 Å². The third-order valence-corrected chi connectivity index (χ3v) is 3.40. The Hall–Kier alpha value is -0.290. The summed E-state index contributed by atoms with van der Waals surface area (Å²) in [6, 6.07) is 0. The van der Waals surface area contributed by atoms with Gasteiger partial charge in [-0.2, -0.15) is 13.2 Å². The summed E-state index contributed by atoms with van der Waals surface area (Å²) in [5.41, 5.74) is 0. The number of alkyl halides is 3. The van der Waals surface area contributed by atoms with Crippen LogP contribution >= 0.6 is 0 Å². The average molecular weight is 266 g/mol. The molecule has 1 unspecified atom stereocenters. The number of hydrogen-bond acceptors (Lipinski definition) is 2. The second-order valence-corrected chi connectivity index (χ2v) is 5.23. The first-order valence-electron chi connectivity index (χ1n) is 7.01. The summed E-state index contributed by atoms with van der Waals surface area (Å²) in [5.74, 6) is 0.608. The van der Waals surface area contributed by atoms with Crippen molar-refractivity contribution in [2.75, 3.05) is 32.7 Å². The summed E-state index contributed by atoms with van der Waals surface area (Å²) in [7, 11) is 0. The summed E-state index contributed by atoms with van der Waals surface area (Å²) in [4.78, 5) is 2.19. The van der Waals surface area contributed by atoms with Crippen LogP contribution in [0.3, 0.4) is 0 Å². The number of nitrogens with one attached hydrogen (secondary N) is 1. The predicted molar refractivity (Wildman–Crippen MR) is 67.6 cm³/mol. The van der Waals surface area contributed by atoms with E-state index in [1.165, 1.54) is 6.42 Å². The number of likely N-dealkylation sites (tertiary alicyclic amines) is 1. The summed E-state index contributed by atoms with van der Waals surface area (Å²) in [5, 5.41) is 3.40. The van der Waals surface area contributed by atoms with Gasteiger partial charge in [0.1, 0.15) is 0 Å². The Morgan fingerprint density at radius 3 is 2.78 bits per heavy atom. The zero-order valence-corrected chi connectivity index (χ0v) is 11.2. The van der Waals surface area contributed by atoms with Gasteiger partial charge in [-0.05, 0) is 57.8 Å². The standard InChI is InChI=1S/C13H25F3N2/c1-2-7-17-10-12-5-3-8-18(11-12)9-4-6-13(14,15)16/h12,17H,2-11H2,1H3.